The zero-order chi connectivity index (χ0) is 9.54. The molecular formula is C10H12N4. The average Bonchev–Trinajstić information content (AvgIpc) is 2.48. The molecule has 14 heavy (non-hydrogen) atoms. The Kier molecular flexibility index (Phi) is 1.50. The summed E-state index contributed by atoms with van der Waals surface area (Å²) < 4.78 is 2.00. The molecule has 1 aromatic rings. The minimum Gasteiger partial charge on any atom is -0.282 e. The number of nitrogens with one attached hydrogen (secondary N) is 1. The number of aliphatic imine (C=N–C) groups is 1. The molecule has 0 bridgehead atoms. The van der Waals surface area contributed by atoms with Crippen LogP contribution in [0.3, 0.4) is 0 Å². The van der Waals surface area contributed by atoms with E-state index in [4.69, 9.17) is 0 Å². The Bertz CT molecular complexity index is 412. The maximum absolute atomic E-state index is 4.43. The highest BCUT2D eigenvalue weighted by molar-refractivity contribution is 5.78. The summed E-state index contributed by atoms with van der Waals surface area (Å²) in [5.41, 5.74) is 4.85. The summed E-state index contributed by atoms with van der Waals surface area (Å²) in [5.74, 6) is 1.74. The van der Waals surface area contributed by atoms with Crippen LogP contribution < -0.4 is 5.43 Å². The summed E-state index contributed by atoms with van der Waals surface area (Å²) in [7, 11) is 0. The molecule has 1 aromatic heterocycles. The number of rotatable bonds is 1. The Labute approximate surface area is 82.3 Å². The molecule has 0 amide bonds. The number of hydrogen-bond donors (Lipinski definition) is 1. The second-order valence-electron chi connectivity index (χ2n) is 3.80. The highest BCUT2D eigenvalue weighted by Crippen LogP contribution is 2.36. The van der Waals surface area contributed by atoms with Crippen molar-refractivity contribution in [1.82, 2.24) is 9.66 Å². The van der Waals surface area contributed by atoms with Gasteiger partial charge in [0.25, 0.3) is 0 Å². The zero-order valence-electron chi connectivity index (χ0n) is 7.90. The van der Waals surface area contributed by atoms with E-state index in [9.17, 15) is 0 Å². The van der Waals surface area contributed by atoms with E-state index in [2.05, 4.69) is 22.0 Å². The lowest BCUT2D eigenvalue weighted by atomic mass is 9.85. The molecule has 3 rings (SSSR count). The van der Waals surface area contributed by atoms with Gasteiger partial charge >= 0.3 is 0 Å². The number of fused-ring (bicyclic) bond motifs is 1. The Morgan fingerprint density at radius 2 is 2.36 bits per heavy atom. The van der Waals surface area contributed by atoms with Gasteiger partial charge in [-0.1, -0.05) is 13.0 Å². The minimum absolute atomic E-state index is 0.621. The van der Waals surface area contributed by atoms with Gasteiger partial charge in [0.15, 0.2) is 0 Å². The van der Waals surface area contributed by atoms with Gasteiger partial charge in [0.1, 0.15) is 17.9 Å². The third-order valence-electron chi connectivity index (χ3n) is 2.96. The second kappa shape index (κ2) is 2.70. The standard InChI is InChI=1S/C10H12N4/c1-7-9-5-11-10(8-3-2-4-8)14(9)13-6-12-7/h5-6,8H,1-4H2,(H,12,13). The fourth-order valence-electron chi connectivity index (χ4n) is 1.89. The molecule has 1 fully saturated rings. The van der Waals surface area contributed by atoms with Gasteiger partial charge < -0.3 is 0 Å². The molecule has 0 radical (unpaired) electrons. The van der Waals surface area contributed by atoms with E-state index in [1.165, 1.54) is 19.3 Å². The molecule has 1 N–H and O–H groups in total. The van der Waals surface area contributed by atoms with Gasteiger partial charge in [-0.3, -0.25) is 5.43 Å². The highest BCUT2D eigenvalue weighted by Gasteiger charge is 2.26. The first-order valence-corrected chi connectivity index (χ1v) is 4.92. The SMILES string of the molecule is C=C1N=CNn2c1cnc2C1CCC1. The fraction of sp³-hybridized carbons (Fsp3) is 0.400. The Morgan fingerprint density at radius 3 is 3.07 bits per heavy atom. The van der Waals surface area contributed by atoms with E-state index in [0.717, 1.165) is 17.2 Å². The van der Waals surface area contributed by atoms with Crippen LogP contribution in [0, 0.1) is 0 Å². The van der Waals surface area contributed by atoms with Gasteiger partial charge in [-0.2, -0.15) is 0 Å². The zero-order valence-corrected chi connectivity index (χ0v) is 7.90. The van der Waals surface area contributed by atoms with E-state index in [0.29, 0.717) is 5.92 Å². The van der Waals surface area contributed by atoms with Crippen LogP contribution in [0.5, 0.6) is 0 Å². The lowest BCUT2D eigenvalue weighted by Gasteiger charge is -2.26. The van der Waals surface area contributed by atoms with E-state index in [-0.39, 0.29) is 0 Å². The summed E-state index contributed by atoms with van der Waals surface area (Å²) in [4.78, 5) is 8.53. The molecule has 0 atom stereocenters. The van der Waals surface area contributed by atoms with Crippen molar-refractivity contribution in [3.8, 4) is 0 Å². The van der Waals surface area contributed by atoms with Gasteiger partial charge in [-0.25, -0.2) is 14.7 Å². The molecule has 1 aliphatic carbocycles. The van der Waals surface area contributed by atoms with Crippen molar-refractivity contribution in [2.45, 2.75) is 25.2 Å². The predicted molar refractivity (Wildman–Crippen MR) is 55.7 cm³/mol. The number of hydrogen-bond acceptors (Lipinski definition) is 3. The molecule has 0 aromatic carbocycles. The molecule has 0 spiro atoms. The molecule has 4 nitrogen and oxygen atoms in total. The minimum atomic E-state index is 0.621. The van der Waals surface area contributed by atoms with Crippen LogP contribution in [0.2, 0.25) is 0 Å². The van der Waals surface area contributed by atoms with Crippen LogP contribution in [-0.4, -0.2) is 16.0 Å². The molecular weight excluding hydrogens is 176 g/mol. The van der Waals surface area contributed by atoms with Crippen LogP contribution in [0.15, 0.2) is 17.8 Å². The van der Waals surface area contributed by atoms with Gasteiger partial charge in [0.2, 0.25) is 0 Å². The second-order valence-corrected chi connectivity index (χ2v) is 3.80. The Balaban J connectivity index is 2.04. The summed E-state index contributed by atoms with van der Waals surface area (Å²) >= 11 is 0. The number of nitrogens with zero attached hydrogens (tertiary/aromatic N) is 3. The van der Waals surface area contributed by atoms with E-state index >= 15 is 0 Å². The third-order valence-corrected chi connectivity index (χ3v) is 2.96. The Hall–Kier alpha value is -1.58. The molecule has 1 saturated carbocycles. The van der Waals surface area contributed by atoms with Crippen molar-refractivity contribution >= 4 is 12.0 Å². The quantitative estimate of drug-likeness (QED) is 0.729. The molecule has 0 unspecified atom stereocenters. The lowest BCUT2D eigenvalue weighted by molar-refractivity contribution is 0.395. The number of aromatic nitrogens is 2. The third kappa shape index (κ3) is 0.937. The van der Waals surface area contributed by atoms with E-state index < -0.39 is 0 Å². The maximum atomic E-state index is 4.43. The number of imidazole rings is 1. The van der Waals surface area contributed by atoms with Crippen molar-refractivity contribution in [1.29, 1.82) is 0 Å². The van der Waals surface area contributed by atoms with Crippen LogP contribution in [0.25, 0.3) is 5.70 Å². The topological polar surface area (TPSA) is 42.2 Å². The van der Waals surface area contributed by atoms with Crippen molar-refractivity contribution in [2.24, 2.45) is 4.99 Å². The van der Waals surface area contributed by atoms with E-state index in [1.807, 2.05) is 10.9 Å². The fourth-order valence-corrected chi connectivity index (χ4v) is 1.89. The largest absolute Gasteiger partial charge is 0.282 e. The van der Waals surface area contributed by atoms with Crippen molar-refractivity contribution in [3.63, 3.8) is 0 Å². The summed E-state index contributed by atoms with van der Waals surface area (Å²) in [6.07, 6.45) is 7.34. The summed E-state index contributed by atoms with van der Waals surface area (Å²) in [6, 6.07) is 0. The average molecular weight is 188 g/mol. The smallest absolute Gasteiger partial charge is 0.131 e. The van der Waals surface area contributed by atoms with E-state index in [1.54, 1.807) is 6.34 Å². The summed E-state index contributed by atoms with van der Waals surface area (Å²) in [6.45, 7) is 3.87. The first-order chi connectivity index (χ1) is 6.86. The monoisotopic (exact) mass is 188 g/mol. The molecule has 0 saturated heterocycles. The van der Waals surface area contributed by atoms with Crippen molar-refractivity contribution in [2.75, 3.05) is 5.43 Å². The van der Waals surface area contributed by atoms with Crippen LogP contribution >= 0.6 is 0 Å². The molecule has 72 valence electrons. The predicted octanol–water partition coefficient (Wildman–Crippen LogP) is 1.71. The first-order valence-electron chi connectivity index (χ1n) is 4.92. The molecule has 2 aliphatic rings. The van der Waals surface area contributed by atoms with Crippen LogP contribution in [0.1, 0.15) is 36.7 Å². The van der Waals surface area contributed by atoms with Crippen molar-refractivity contribution < 1.29 is 0 Å². The molecule has 2 heterocycles. The highest BCUT2D eigenvalue weighted by atomic mass is 15.5. The van der Waals surface area contributed by atoms with Gasteiger partial charge in [-0.15, -0.1) is 0 Å². The van der Waals surface area contributed by atoms with Crippen molar-refractivity contribution in [3.05, 3.63) is 24.3 Å². The Morgan fingerprint density at radius 1 is 1.50 bits per heavy atom. The first kappa shape index (κ1) is 7.79. The van der Waals surface area contributed by atoms with Crippen LogP contribution in [-0.2, 0) is 0 Å². The van der Waals surface area contributed by atoms with Gasteiger partial charge in [-0.05, 0) is 12.8 Å². The lowest BCUT2D eigenvalue weighted by Crippen LogP contribution is -2.25. The molecule has 1 aliphatic heterocycles. The maximum Gasteiger partial charge on any atom is 0.131 e. The van der Waals surface area contributed by atoms with Gasteiger partial charge in [0.05, 0.1) is 11.9 Å². The summed E-state index contributed by atoms with van der Waals surface area (Å²) in [5, 5.41) is 0. The van der Waals surface area contributed by atoms with Gasteiger partial charge in [0, 0.05) is 5.92 Å². The normalized spacial score (nSPS) is 20.1. The van der Waals surface area contributed by atoms with Crippen LogP contribution in [0.4, 0.5) is 0 Å². The molecule has 4 heteroatoms.